The Balaban J connectivity index is 0. The molecule has 0 fully saturated rings. The Kier molecular flexibility index (Phi) is 14.3. The Labute approximate surface area is 118 Å². The fourth-order valence-corrected chi connectivity index (χ4v) is 1.03. The van der Waals surface area contributed by atoms with Crippen LogP contribution in [-0.2, 0) is 26.2 Å². The summed E-state index contributed by atoms with van der Waals surface area (Å²) in [4.78, 5) is 0. The predicted octanol–water partition coefficient (Wildman–Crippen LogP) is 4.41. The van der Waals surface area contributed by atoms with Crippen molar-refractivity contribution in [1.29, 1.82) is 0 Å². The van der Waals surface area contributed by atoms with Gasteiger partial charge in [-0.15, -0.1) is 12.8 Å². The van der Waals surface area contributed by atoms with E-state index in [1.165, 1.54) is 11.1 Å². The molecular formula is C13H16ClZr. The molecule has 0 saturated carbocycles. The molecule has 0 unspecified atom stereocenters. The third-order valence-electron chi connectivity index (χ3n) is 1.73. The van der Waals surface area contributed by atoms with Crippen molar-refractivity contribution in [2.45, 2.75) is 26.7 Å². The summed E-state index contributed by atoms with van der Waals surface area (Å²) >= 11 is 4.39. The van der Waals surface area contributed by atoms with Crippen molar-refractivity contribution < 1.29 is 26.2 Å². The number of hydrogen-bond acceptors (Lipinski definition) is 0. The first-order valence-electron chi connectivity index (χ1n) is 4.53. The number of rotatable bonds is 0. The van der Waals surface area contributed by atoms with Crippen LogP contribution in [0.5, 0.6) is 0 Å². The second kappa shape index (κ2) is 12.2. The van der Waals surface area contributed by atoms with E-state index in [0.29, 0.717) is 0 Å². The van der Waals surface area contributed by atoms with Gasteiger partial charge in [-0.25, -0.2) is 23.3 Å². The summed E-state index contributed by atoms with van der Waals surface area (Å²) in [5.74, 6) is 0. The third kappa shape index (κ3) is 10.4. The Hall–Kier alpha value is 0.133. The molecule has 0 aromatic carbocycles. The second-order valence-corrected chi connectivity index (χ2v) is 2.93. The first kappa shape index (κ1) is 17.5. The van der Waals surface area contributed by atoms with Crippen LogP contribution in [0.15, 0.2) is 35.5 Å². The third-order valence-corrected chi connectivity index (χ3v) is 1.73. The zero-order valence-corrected chi connectivity index (χ0v) is 12.5. The van der Waals surface area contributed by atoms with Crippen LogP contribution in [0, 0.1) is 18.5 Å². The molecule has 0 nitrogen and oxygen atoms in total. The molecule has 1 radical (unpaired) electrons. The minimum Gasteiger partial charge on any atom is -0.352 e. The first-order valence-corrected chi connectivity index (χ1v) is 5.07. The van der Waals surface area contributed by atoms with Crippen LogP contribution in [0.25, 0.3) is 0 Å². The van der Waals surface area contributed by atoms with Crippen LogP contribution >= 0.6 is 11.6 Å². The molecule has 2 heteroatoms. The van der Waals surface area contributed by atoms with E-state index in [4.69, 9.17) is 0 Å². The van der Waals surface area contributed by atoms with Crippen molar-refractivity contribution in [1.82, 2.24) is 0 Å². The van der Waals surface area contributed by atoms with Crippen molar-refractivity contribution in [3.8, 4) is 0 Å². The van der Waals surface area contributed by atoms with Crippen LogP contribution in [0.1, 0.15) is 26.7 Å². The molecule has 0 bridgehead atoms. The summed E-state index contributed by atoms with van der Waals surface area (Å²) in [5, 5.41) is 0. The monoisotopic (exact) mass is 297 g/mol. The van der Waals surface area contributed by atoms with Crippen molar-refractivity contribution in [3.63, 3.8) is 0 Å². The maximum absolute atomic E-state index is 4.39. The normalized spacial score (nSPS) is 15.2. The van der Waals surface area contributed by atoms with E-state index in [9.17, 15) is 0 Å². The maximum atomic E-state index is 4.39. The minimum atomic E-state index is 0. The van der Waals surface area contributed by atoms with Crippen molar-refractivity contribution in [2.24, 2.45) is 0 Å². The Morgan fingerprint density at radius 3 is 1.40 bits per heavy atom. The zero-order valence-electron chi connectivity index (χ0n) is 9.31. The quantitative estimate of drug-likeness (QED) is 0.581. The molecule has 0 aromatic heterocycles. The maximum Gasteiger partial charge on any atom is 3.00 e. The van der Waals surface area contributed by atoms with Crippen molar-refractivity contribution in [2.75, 3.05) is 0 Å². The molecule has 0 spiro atoms. The topological polar surface area (TPSA) is 0 Å². The summed E-state index contributed by atoms with van der Waals surface area (Å²) < 4.78 is 0. The van der Waals surface area contributed by atoms with Gasteiger partial charge in [0, 0.05) is 0 Å². The fourth-order valence-electron chi connectivity index (χ4n) is 1.03. The Bertz CT molecular complexity index is 226. The second-order valence-electron chi connectivity index (χ2n) is 2.93. The summed E-state index contributed by atoms with van der Waals surface area (Å²) in [7, 11) is 0. The molecule has 0 heterocycles. The van der Waals surface area contributed by atoms with Gasteiger partial charge in [-0.05, 0) is 0 Å². The zero-order chi connectivity index (χ0) is 10.8. The van der Waals surface area contributed by atoms with E-state index >= 15 is 0 Å². The Morgan fingerprint density at radius 2 is 1.33 bits per heavy atom. The SMILES string of the molecule is CC1=[C-]CC=C1.CC1=[C-]CC=C1.[CH2-]Cl.[Zr+3]. The summed E-state index contributed by atoms with van der Waals surface area (Å²) in [6, 6.07) is 0. The van der Waals surface area contributed by atoms with Crippen LogP contribution in [0.4, 0.5) is 0 Å². The minimum absolute atomic E-state index is 0. The van der Waals surface area contributed by atoms with E-state index in [2.05, 4.69) is 68.3 Å². The van der Waals surface area contributed by atoms with Gasteiger partial charge in [0.1, 0.15) is 0 Å². The van der Waals surface area contributed by atoms with E-state index in [1.54, 1.807) is 0 Å². The van der Waals surface area contributed by atoms with E-state index in [0.717, 1.165) is 12.8 Å². The number of halogens is 1. The first-order chi connectivity index (χ1) is 6.79. The largest absolute Gasteiger partial charge is 3.00 e. The average Bonchev–Trinajstić information content (AvgIpc) is 2.83. The van der Waals surface area contributed by atoms with E-state index in [1.807, 2.05) is 0 Å². The molecular weight excluding hydrogens is 283 g/mol. The average molecular weight is 299 g/mol. The van der Waals surface area contributed by atoms with Crippen molar-refractivity contribution >= 4 is 11.6 Å². The molecule has 0 N–H and O–H groups in total. The van der Waals surface area contributed by atoms with Gasteiger partial charge < -0.3 is 11.6 Å². The molecule has 2 aliphatic rings. The van der Waals surface area contributed by atoms with Gasteiger partial charge in [-0.2, -0.15) is 12.2 Å². The van der Waals surface area contributed by atoms with Gasteiger partial charge in [0.2, 0.25) is 0 Å². The van der Waals surface area contributed by atoms with Gasteiger partial charge in [-0.1, -0.05) is 13.8 Å². The van der Waals surface area contributed by atoms with Gasteiger partial charge in [0.25, 0.3) is 0 Å². The predicted molar refractivity (Wildman–Crippen MR) is 63.6 cm³/mol. The van der Waals surface area contributed by atoms with Crippen LogP contribution < -0.4 is 0 Å². The molecule has 79 valence electrons. The fraction of sp³-hybridized carbons (Fsp3) is 0.308. The van der Waals surface area contributed by atoms with Gasteiger partial charge >= 0.3 is 26.2 Å². The Morgan fingerprint density at radius 1 is 1.00 bits per heavy atom. The van der Waals surface area contributed by atoms with Crippen LogP contribution in [0.3, 0.4) is 0 Å². The smallest absolute Gasteiger partial charge is 0.352 e. The molecule has 2 rings (SSSR count). The standard InChI is InChI=1S/2C6H7.CH2Cl.Zr/c2*1-6-4-2-3-5-6;1-2;/h2*2,4H,3H2,1H3;1H2;/q3*-1;+3. The molecule has 0 saturated heterocycles. The van der Waals surface area contributed by atoms with Crippen molar-refractivity contribution in [3.05, 3.63) is 54.0 Å². The van der Waals surface area contributed by atoms with Gasteiger partial charge in [0.05, 0.1) is 0 Å². The van der Waals surface area contributed by atoms with E-state index < -0.39 is 0 Å². The summed E-state index contributed by atoms with van der Waals surface area (Å²) in [6.07, 6.45) is 19.4. The molecule has 0 aliphatic heterocycles. The van der Waals surface area contributed by atoms with Gasteiger partial charge in [0.15, 0.2) is 0 Å². The molecule has 2 aliphatic carbocycles. The van der Waals surface area contributed by atoms with E-state index in [-0.39, 0.29) is 26.2 Å². The summed E-state index contributed by atoms with van der Waals surface area (Å²) in [5.41, 5.74) is 2.55. The molecule has 0 aromatic rings. The molecule has 0 amide bonds. The molecule has 0 atom stereocenters. The van der Waals surface area contributed by atoms with Crippen LogP contribution in [0.2, 0.25) is 0 Å². The van der Waals surface area contributed by atoms with Crippen LogP contribution in [-0.4, -0.2) is 0 Å². The van der Waals surface area contributed by atoms with Gasteiger partial charge in [-0.3, -0.25) is 18.5 Å². The summed E-state index contributed by atoms with van der Waals surface area (Å²) in [6.45, 7) is 4.12. The molecule has 15 heavy (non-hydrogen) atoms. The number of allylic oxidation sites excluding steroid dienone is 8. The number of hydrogen-bond donors (Lipinski definition) is 0.